The van der Waals surface area contributed by atoms with Crippen LogP contribution in [0.5, 0.6) is 5.75 Å². The fourth-order valence-corrected chi connectivity index (χ4v) is 3.20. The van der Waals surface area contributed by atoms with Crippen molar-refractivity contribution < 1.29 is 36.6 Å². The maximum absolute atomic E-state index is 13.4. The summed E-state index contributed by atoms with van der Waals surface area (Å²) in [7, 11) is 1.39. The van der Waals surface area contributed by atoms with Crippen molar-refractivity contribution in [1.29, 1.82) is 0 Å². The smallest absolute Gasteiger partial charge is 0.416 e. The summed E-state index contributed by atoms with van der Waals surface area (Å²) >= 11 is 0. The van der Waals surface area contributed by atoms with Crippen LogP contribution in [0.4, 0.5) is 22.4 Å². The van der Waals surface area contributed by atoms with Gasteiger partial charge in [0.25, 0.3) is 0 Å². The molecule has 0 unspecified atom stereocenters. The molecule has 0 fully saturated rings. The van der Waals surface area contributed by atoms with Gasteiger partial charge in [0.15, 0.2) is 0 Å². The lowest BCUT2D eigenvalue weighted by Crippen LogP contribution is -2.48. The summed E-state index contributed by atoms with van der Waals surface area (Å²) in [6.07, 6.45) is -4.55. The number of nitrogens with zero attached hydrogens (tertiary/aromatic N) is 1. The molecule has 2 aromatic rings. The van der Waals surface area contributed by atoms with Gasteiger partial charge < -0.3 is 14.8 Å². The topological polar surface area (TPSA) is 67.9 Å². The van der Waals surface area contributed by atoms with Gasteiger partial charge in [-0.05, 0) is 42.8 Å². The van der Waals surface area contributed by atoms with Gasteiger partial charge in [0.2, 0.25) is 0 Å². The first-order valence-corrected chi connectivity index (χ1v) is 9.61. The van der Waals surface area contributed by atoms with Gasteiger partial charge in [-0.3, -0.25) is 4.90 Å². The Kier molecular flexibility index (Phi) is 6.71. The minimum Gasteiger partial charge on any atom is -0.487 e. The molecule has 1 N–H and O–H groups in total. The second kappa shape index (κ2) is 9.29. The van der Waals surface area contributed by atoms with Crippen molar-refractivity contribution in [2.24, 2.45) is 0 Å². The molecule has 1 aliphatic rings. The molecule has 3 rings (SSSR count). The highest BCUT2D eigenvalue weighted by Crippen LogP contribution is 2.33. The van der Waals surface area contributed by atoms with Gasteiger partial charge in [-0.2, -0.15) is 13.2 Å². The third kappa shape index (κ3) is 5.01. The van der Waals surface area contributed by atoms with E-state index in [4.69, 9.17) is 9.47 Å². The second-order valence-electron chi connectivity index (χ2n) is 6.89. The Balaban J connectivity index is 2.00. The van der Waals surface area contributed by atoms with E-state index in [9.17, 15) is 27.2 Å². The molecule has 0 spiro atoms. The number of esters is 1. The van der Waals surface area contributed by atoms with E-state index in [1.807, 2.05) is 0 Å². The number of ether oxygens (including phenoxy) is 2. The maximum atomic E-state index is 13.4. The average molecular weight is 452 g/mol. The molecule has 32 heavy (non-hydrogen) atoms. The van der Waals surface area contributed by atoms with E-state index < -0.39 is 35.6 Å². The van der Waals surface area contributed by atoms with E-state index in [2.05, 4.69) is 5.32 Å². The fourth-order valence-electron chi connectivity index (χ4n) is 3.20. The predicted octanol–water partition coefficient (Wildman–Crippen LogP) is 4.44. The molecule has 0 aliphatic carbocycles. The van der Waals surface area contributed by atoms with E-state index >= 15 is 0 Å². The lowest BCUT2D eigenvalue weighted by molar-refractivity contribution is -0.139. The Morgan fingerprint density at radius 1 is 1.16 bits per heavy atom. The summed E-state index contributed by atoms with van der Waals surface area (Å²) in [6.45, 7) is 1.28. The van der Waals surface area contributed by atoms with E-state index in [0.29, 0.717) is 5.56 Å². The molecule has 6 nitrogen and oxygen atoms in total. The molecule has 1 atom stereocenters. The summed E-state index contributed by atoms with van der Waals surface area (Å²) < 4.78 is 63.0. The Bertz CT molecular complexity index is 1030. The van der Waals surface area contributed by atoms with E-state index in [1.165, 1.54) is 43.4 Å². The third-order valence-corrected chi connectivity index (χ3v) is 4.81. The maximum Gasteiger partial charge on any atom is 0.416 e. The Morgan fingerprint density at radius 2 is 1.84 bits per heavy atom. The van der Waals surface area contributed by atoms with E-state index in [-0.39, 0.29) is 30.2 Å². The number of carbonyl (C=O) groups excluding carboxylic acids is 2. The molecule has 1 heterocycles. The van der Waals surface area contributed by atoms with E-state index in [0.717, 1.165) is 17.0 Å². The van der Waals surface area contributed by atoms with E-state index in [1.54, 1.807) is 6.92 Å². The number of likely N-dealkylation sites (N-methyl/N-ethyl adjacent to an activating group) is 1. The molecule has 0 bridgehead atoms. The van der Waals surface area contributed by atoms with Gasteiger partial charge in [0.1, 0.15) is 18.2 Å². The zero-order valence-corrected chi connectivity index (χ0v) is 17.2. The van der Waals surface area contributed by atoms with Crippen LogP contribution in [-0.2, 0) is 15.7 Å². The van der Waals surface area contributed by atoms with Crippen LogP contribution in [-0.4, -0.2) is 37.2 Å². The fraction of sp³-hybridized carbons (Fsp3) is 0.273. The van der Waals surface area contributed by atoms with Gasteiger partial charge >= 0.3 is 18.2 Å². The molecule has 170 valence electrons. The standard InChI is InChI=1S/C22H20F4N2O4/c1-3-31-20(29)18-17(12-32-16-6-4-5-14(11-16)22(24,25)26)28(2)21(30)27-19(18)13-7-9-15(23)10-8-13/h4-11,19H,3,12H2,1-2H3,(H,27,30)/t19-/m1/s1. The number of hydrogen-bond donors (Lipinski definition) is 1. The number of hydrogen-bond acceptors (Lipinski definition) is 4. The summed E-state index contributed by atoms with van der Waals surface area (Å²) in [4.78, 5) is 26.4. The Hall–Kier alpha value is -3.56. The van der Waals surface area contributed by atoms with Crippen LogP contribution in [0.2, 0.25) is 0 Å². The zero-order chi connectivity index (χ0) is 23.5. The highest BCUT2D eigenvalue weighted by molar-refractivity contribution is 5.95. The number of urea groups is 1. The molecule has 1 aliphatic heterocycles. The minimum absolute atomic E-state index is 0.0348. The van der Waals surface area contributed by atoms with Crippen molar-refractivity contribution in [2.75, 3.05) is 20.3 Å². The summed E-state index contributed by atoms with van der Waals surface area (Å²) in [5, 5.41) is 2.65. The number of carbonyl (C=O) groups is 2. The van der Waals surface area contributed by atoms with Crippen LogP contribution < -0.4 is 10.1 Å². The van der Waals surface area contributed by atoms with Crippen LogP contribution in [0, 0.1) is 5.82 Å². The van der Waals surface area contributed by atoms with Gasteiger partial charge in [0, 0.05) is 7.05 Å². The number of alkyl halides is 3. The van der Waals surface area contributed by atoms with Gasteiger partial charge in [-0.1, -0.05) is 18.2 Å². The lowest BCUT2D eigenvalue weighted by atomic mass is 9.94. The molecular weight excluding hydrogens is 432 g/mol. The summed E-state index contributed by atoms with van der Waals surface area (Å²) in [5.74, 6) is -1.33. The first-order chi connectivity index (χ1) is 15.1. The second-order valence-corrected chi connectivity index (χ2v) is 6.89. The average Bonchev–Trinajstić information content (AvgIpc) is 2.74. The van der Waals surface area contributed by atoms with Crippen molar-refractivity contribution in [3.05, 3.63) is 76.7 Å². The molecular formula is C22H20F4N2O4. The quantitative estimate of drug-likeness (QED) is 0.520. The van der Waals surface area contributed by atoms with Crippen LogP contribution in [0.25, 0.3) is 0 Å². The largest absolute Gasteiger partial charge is 0.487 e. The molecule has 0 saturated carbocycles. The number of benzene rings is 2. The molecule has 0 radical (unpaired) electrons. The number of amides is 2. The minimum atomic E-state index is -4.55. The van der Waals surface area contributed by atoms with Crippen LogP contribution in [0.3, 0.4) is 0 Å². The van der Waals surface area contributed by atoms with Crippen molar-refractivity contribution in [3.63, 3.8) is 0 Å². The van der Waals surface area contributed by atoms with Crippen molar-refractivity contribution in [2.45, 2.75) is 19.1 Å². The predicted molar refractivity (Wildman–Crippen MR) is 106 cm³/mol. The third-order valence-electron chi connectivity index (χ3n) is 4.81. The zero-order valence-electron chi connectivity index (χ0n) is 17.2. The normalized spacial score (nSPS) is 16.6. The van der Waals surface area contributed by atoms with Crippen LogP contribution in [0.15, 0.2) is 59.8 Å². The highest BCUT2D eigenvalue weighted by atomic mass is 19.4. The van der Waals surface area contributed by atoms with Crippen molar-refractivity contribution in [3.8, 4) is 5.75 Å². The van der Waals surface area contributed by atoms with Crippen LogP contribution in [0.1, 0.15) is 24.1 Å². The number of halogens is 4. The van der Waals surface area contributed by atoms with Gasteiger partial charge in [0.05, 0.1) is 29.5 Å². The first kappa shape index (κ1) is 23.1. The lowest BCUT2D eigenvalue weighted by Gasteiger charge is -2.34. The summed E-state index contributed by atoms with van der Waals surface area (Å²) in [6, 6.07) is 7.91. The molecule has 0 aromatic heterocycles. The van der Waals surface area contributed by atoms with Crippen molar-refractivity contribution in [1.82, 2.24) is 10.2 Å². The van der Waals surface area contributed by atoms with Gasteiger partial charge in [-0.25, -0.2) is 14.0 Å². The molecule has 0 saturated heterocycles. The number of nitrogens with one attached hydrogen (secondary N) is 1. The summed E-state index contributed by atoms with van der Waals surface area (Å²) in [5.41, 5.74) is -0.326. The van der Waals surface area contributed by atoms with Crippen LogP contribution >= 0.6 is 0 Å². The highest BCUT2D eigenvalue weighted by Gasteiger charge is 2.37. The molecule has 2 aromatic carbocycles. The van der Waals surface area contributed by atoms with Crippen molar-refractivity contribution >= 4 is 12.0 Å². The van der Waals surface area contributed by atoms with Gasteiger partial charge in [-0.15, -0.1) is 0 Å². The molecule has 2 amide bonds. The first-order valence-electron chi connectivity index (χ1n) is 9.61. The monoisotopic (exact) mass is 452 g/mol. The Morgan fingerprint density at radius 3 is 2.47 bits per heavy atom. The SMILES string of the molecule is CCOC(=O)C1=C(COc2cccc(C(F)(F)F)c2)N(C)C(=O)N[C@@H]1c1ccc(F)cc1. The molecule has 10 heteroatoms. The Labute approximate surface area is 181 Å². The number of rotatable bonds is 6.